The number of aromatic nitrogens is 2. The standard InChI is InChI=1S/C14H14ClN3O3/c1-2-6-18(9-13(19)20)8-12-16-14(17-21-12)10-4-3-5-11(15)7-10/h2-5,7H,1,6,8-9H2,(H,19,20). The van der Waals surface area contributed by atoms with Crippen LogP contribution in [-0.4, -0.2) is 39.2 Å². The van der Waals surface area contributed by atoms with Crippen molar-refractivity contribution < 1.29 is 14.4 Å². The molecule has 0 spiro atoms. The van der Waals surface area contributed by atoms with Crippen LogP contribution in [0, 0.1) is 0 Å². The topological polar surface area (TPSA) is 79.5 Å². The zero-order valence-corrected chi connectivity index (χ0v) is 12.0. The second kappa shape index (κ2) is 7.01. The Kier molecular flexibility index (Phi) is 5.08. The number of carboxylic acid groups (broad SMARTS) is 1. The number of hydrogen-bond acceptors (Lipinski definition) is 5. The van der Waals surface area contributed by atoms with E-state index in [1.165, 1.54) is 0 Å². The molecule has 0 radical (unpaired) electrons. The van der Waals surface area contributed by atoms with E-state index in [4.69, 9.17) is 21.2 Å². The molecule has 0 amide bonds. The van der Waals surface area contributed by atoms with Gasteiger partial charge >= 0.3 is 5.97 Å². The van der Waals surface area contributed by atoms with Gasteiger partial charge in [-0.05, 0) is 12.1 Å². The molecule has 1 heterocycles. The first kappa shape index (κ1) is 15.2. The van der Waals surface area contributed by atoms with E-state index in [2.05, 4.69) is 16.7 Å². The number of rotatable bonds is 7. The van der Waals surface area contributed by atoms with Gasteiger partial charge in [0.15, 0.2) is 0 Å². The molecule has 6 nitrogen and oxygen atoms in total. The van der Waals surface area contributed by atoms with Gasteiger partial charge in [-0.25, -0.2) is 0 Å². The molecule has 2 rings (SSSR count). The molecule has 1 aromatic heterocycles. The normalized spacial score (nSPS) is 10.8. The van der Waals surface area contributed by atoms with Gasteiger partial charge < -0.3 is 9.63 Å². The minimum Gasteiger partial charge on any atom is -0.480 e. The van der Waals surface area contributed by atoms with Crippen molar-refractivity contribution in [3.63, 3.8) is 0 Å². The Labute approximate surface area is 126 Å². The number of carbonyl (C=O) groups is 1. The van der Waals surface area contributed by atoms with Crippen LogP contribution in [0.4, 0.5) is 0 Å². The van der Waals surface area contributed by atoms with Crippen molar-refractivity contribution in [1.29, 1.82) is 0 Å². The Morgan fingerprint density at radius 2 is 2.33 bits per heavy atom. The molecule has 7 heteroatoms. The summed E-state index contributed by atoms with van der Waals surface area (Å²) in [4.78, 5) is 16.7. The van der Waals surface area contributed by atoms with Gasteiger partial charge in [0.1, 0.15) is 0 Å². The fourth-order valence-corrected chi connectivity index (χ4v) is 2.00. The summed E-state index contributed by atoms with van der Waals surface area (Å²) in [6.45, 7) is 4.13. The molecular formula is C14H14ClN3O3. The molecule has 0 unspecified atom stereocenters. The minimum absolute atomic E-state index is 0.124. The predicted octanol–water partition coefficient (Wildman–Crippen LogP) is 2.46. The molecule has 1 aromatic carbocycles. The van der Waals surface area contributed by atoms with Crippen LogP contribution in [0.25, 0.3) is 11.4 Å². The molecule has 0 aliphatic rings. The zero-order valence-electron chi connectivity index (χ0n) is 11.2. The van der Waals surface area contributed by atoms with Crippen molar-refractivity contribution in [2.45, 2.75) is 6.54 Å². The number of carboxylic acids is 1. The van der Waals surface area contributed by atoms with Crippen LogP contribution in [-0.2, 0) is 11.3 Å². The number of halogens is 1. The molecule has 0 fully saturated rings. The van der Waals surface area contributed by atoms with Gasteiger partial charge in [-0.15, -0.1) is 6.58 Å². The van der Waals surface area contributed by atoms with Gasteiger partial charge in [0.2, 0.25) is 11.7 Å². The number of hydrogen-bond donors (Lipinski definition) is 1. The average Bonchev–Trinajstić information content (AvgIpc) is 2.87. The molecule has 2 aromatic rings. The highest BCUT2D eigenvalue weighted by Gasteiger charge is 2.14. The van der Waals surface area contributed by atoms with E-state index in [0.717, 1.165) is 5.56 Å². The van der Waals surface area contributed by atoms with E-state index < -0.39 is 5.97 Å². The first-order chi connectivity index (χ1) is 10.1. The van der Waals surface area contributed by atoms with Crippen LogP contribution in [0.3, 0.4) is 0 Å². The van der Waals surface area contributed by atoms with Crippen LogP contribution in [0.5, 0.6) is 0 Å². The summed E-state index contributed by atoms with van der Waals surface area (Å²) < 4.78 is 5.14. The van der Waals surface area contributed by atoms with Gasteiger partial charge in [0, 0.05) is 17.1 Å². The Balaban J connectivity index is 2.11. The molecule has 0 atom stereocenters. The fraction of sp³-hybridized carbons (Fsp3) is 0.214. The summed E-state index contributed by atoms with van der Waals surface area (Å²) >= 11 is 5.91. The Hall–Kier alpha value is -2.18. The summed E-state index contributed by atoms with van der Waals surface area (Å²) in [5.41, 5.74) is 0.742. The average molecular weight is 308 g/mol. The van der Waals surface area contributed by atoms with E-state index >= 15 is 0 Å². The summed E-state index contributed by atoms with van der Waals surface area (Å²) in [7, 11) is 0. The quantitative estimate of drug-likeness (QED) is 0.792. The van der Waals surface area contributed by atoms with E-state index in [1.807, 2.05) is 6.07 Å². The monoisotopic (exact) mass is 307 g/mol. The predicted molar refractivity (Wildman–Crippen MR) is 77.9 cm³/mol. The van der Waals surface area contributed by atoms with Crippen molar-refractivity contribution >= 4 is 17.6 Å². The van der Waals surface area contributed by atoms with Gasteiger partial charge in [-0.1, -0.05) is 35.0 Å². The van der Waals surface area contributed by atoms with E-state index in [9.17, 15) is 4.79 Å². The lowest BCUT2D eigenvalue weighted by Crippen LogP contribution is -2.29. The van der Waals surface area contributed by atoms with Crippen molar-refractivity contribution in [2.24, 2.45) is 0 Å². The van der Waals surface area contributed by atoms with Crippen LogP contribution in [0.1, 0.15) is 5.89 Å². The molecule has 0 aliphatic heterocycles. The molecule has 110 valence electrons. The van der Waals surface area contributed by atoms with Crippen molar-refractivity contribution in [1.82, 2.24) is 15.0 Å². The first-order valence-corrected chi connectivity index (χ1v) is 6.60. The van der Waals surface area contributed by atoms with Gasteiger partial charge in [-0.3, -0.25) is 9.69 Å². The first-order valence-electron chi connectivity index (χ1n) is 6.22. The second-order valence-electron chi connectivity index (χ2n) is 4.37. The summed E-state index contributed by atoms with van der Waals surface area (Å²) in [5.74, 6) is -0.166. The Morgan fingerprint density at radius 3 is 3.00 bits per heavy atom. The van der Waals surface area contributed by atoms with Crippen molar-refractivity contribution in [3.05, 3.63) is 47.8 Å². The second-order valence-corrected chi connectivity index (χ2v) is 4.81. The molecule has 1 N–H and O–H groups in total. The van der Waals surface area contributed by atoms with Crippen LogP contribution < -0.4 is 0 Å². The maximum Gasteiger partial charge on any atom is 0.317 e. The maximum atomic E-state index is 10.8. The fourth-order valence-electron chi connectivity index (χ4n) is 1.81. The molecule has 0 bridgehead atoms. The largest absolute Gasteiger partial charge is 0.480 e. The van der Waals surface area contributed by atoms with Gasteiger partial charge in [0.05, 0.1) is 13.1 Å². The maximum absolute atomic E-state index is 10.8. The zero-order chi connectivity index (χ0) is 15.2. The lowest BCUT2D eigenvalue weighted by molar-refractivity contribution is -0.138. The molecule has 0 saturated heterocycles. The van der Waals surface area contributed by atoms with E-state index in [-0.39, 0.29) is 13.1 Å². The smallest absolute Gasteiger partial charge is 0.317 e. The van der Waals surface area contributed by atoms with Crippen LogP contribution >= 0.6 is 11.6 Å². The summed E-state index contributed by atoms with van der Waals surface area (Å²) in [6.07, 6.45) is 1.62. The molecule has 21 heavy (non-hydrogen) atoms. The highest BCUT2D eigenvalue weighted by Crippen LogP contribution is 2.20. The number of benzene rings is 1. The van der Waals surface area contributed by atoms with Gasteiger partial charge in [-0.2, -0.15) is 4.98 Å². The lowest BCUT2D eigenvalue weighted by Gasteiger charge is -2.15. The third-order valence-electron chi connectivity index (χ3n) is 2.66. The number of aliphatic carboxylic acids is 1. The molecule has 0 saturated carbocycles. The third-order valence-corrected chi connectivity index (χ3v) is 2.89. The van der Waals surface area contributed by atoms with Gasteiger partial charge in [0.25, 0.3) is 0 Å². The molecule has 0 aliphatic carbocycles. The summed E-state index contributed by atoms with van der Waals surface area (Å²) in [6, 6.07) is 7.10. The Morgan fingerprint density at radius 1 is 1.52 bits per heavy atom. The summed E-state index contributed by atoms with van der Waals surface area (Å²) in [5, 5.41) is 13.3. The highest BCUT2D eigenvalue weighted by molar-refractivity contribution is 6.30. The molecular weight excluding hydrogens is 294 g/mol. The SMILES string of the molecule is C=CCN(CC(=O)O)Cc1nc(-c2cccc(Cl)c2)no1. The Bertz CT molecular complexity index is 642. The third kappa shape index (κ3) is 4.40. The van der Waals surface area contributed by atoms with E-state index in [0.29, 0.717) is 23.3 Å². The van der Waals surface area contributed by atoms with Crippen molar-refractivity contribution in [3.8, 4) is 11.4 Å². The van der Waals surface area contributed by atoms with Crippen molar-refractivity contribution in [2.75, 3.05) is 13.1 Å². The minimum atomic E-state index is -0.925. The number of nitrogens with zero attached hydrogens (tertiary/aromatic N) is 3. The lowest BCUT2D eigenvalue weighted by atomic mass is 10.2. The van der Waals surface area contributed by atoms with Crippen LogP contribution in [0.2, 0.25) is 5.02 Å². The van der Waals surface area contributed by atoms with Crippen LogP contribution in [0.15, 0.2) is 41.4 Å². The highest BCUT2D eigenvalue weighted by atomic mass is 35.5. The van der Waals surface area contributed by atoms with E-state index in [1.54, 1.807) is 29.2 Å².